The van der Waals surface area contributed by atoms with Crippen LogP contribution in [0, 0.1) is 0 Å². The Morgan fingerprint density at radius 3 is 1.54 bits per heavy atom. The third kappa shape index (κ3) is 5.98. The zero-order valence-electron chi connectivity index (χ0n) is 34.5. The molecule has 63 heavy (non-hydrogen) atoms. The second kappa shape index (κ2) is 15.3. The molecule has 12 rings (SSSR count). The van der Waals surface area contributed by atoms with Crippen molar-refractivity contribution < 1.29 is 0 Å². The summed E-state index contributed by atoms with van der Waals surface area (Å²) < 4.78 is 2.56. The molecule has 0 aliphatic heterocycles. The summed E-state index contributed by atoms with van der Waals surface area (Å²) in [6.45, 7) is 0. The van der Waals surface area contributed by atoms with E-state index in [9.17, 15) is 0 Å². The predicted molar refractivity (Wildman–Crippen MR) is 268 cm³/mol. The lowest BCUT2D eigenvalue weighted by atomic mass is 9.68. The summed E-state index contributed by atoms with van der Waals surface area (Å²) in [6.07, 6.45) is 0. The van der Waals surface area contributed by atoms with Crippen LogP contribution < -0.4 is 4.90 Å². The molecule has 10 aromatic carbocycles. The molecule has 0 fully saturated rings. The molecule has 0 saturated heterocycles. The van der Waals surface area contributed by atoms with Gasteiger partial charge in [-0.25, -0.2) is 0 Å². The third-order valence-corrected chi connectivity index (χ3v) is 14.1. The summed E-state index contributed by atoms with van der Waals surface area (Å²) >= 11 is 1.86. The fourth-order valence-corrected chi connectivity index (χ4v) is 11.4. The zero-order valence-corrected chi connectivity index (χ0v) is 35.3. The normalized spacial score (nSPS) is 12.6. The van der Waals surface area contributed by atoms with E-state index in [-0.39, 0.29) is 0 Å². The Hall–Kier alpha value is -7.78. The molecule has 0 N–H and O–H groups in total. The standard InChI is InChI=1S/C61H41NS/c1-5-20-42(21-6-1)48-28-13-14-31-53(48)60-49(43-22-7-2-8-23-43)32-19-34-57(60)62(47-36-38-52-51-30-16-18-35-58(51)63-59(52)41-47)46-37-39-56-54(40-46)50-29-15-17-33-55(50)61(56,44-24-9-3-10-25-44)45-26-11-4-12-27-45/h1-41H. The van der Waals surface area contributed by atoms with E-state index >= 15 is 0 Å². The van der Waals surface area contributed by atoms with Gasteiger partial charge in [0.2, 0.25) is 0 Å². The van der Waals surface area contributed by atoms with Gasteiger partial charge in [-0.3, -0.25) is 0 Å². The van der Waals surface area contributed by atoms with E-state index in [2.05, 4.69) is 254 Å². The first-order valence-corrected chi connectivity index (χ1v) is 22.5. The Kier molecular flexibility index (Phi) is 8.98. The van der Waals surface area contributed by atoms with Crippen molar-refractivity contribution in [2.75, 3.05) is 4.90 Å². The smallest absolute Gasteiger partial charge is 0.0713 e. The number of rotatable bonds is 8. The Morgan fingerprint density at radius 1 is 0.317 bits per heavy atom. The highest BCUT2D eigenvalue weighted by Gasteiger charge is 2.46. The van der Waals surface area contributed by atoms with Gasteiger partial charge in [0.25, 0.3) is 0 Å². The molecule has 0 spiro atoms. The molecule has 0 atom stereocenters. The van der Waals surface area contributed by atoms with Crippen LogP contribution >= 0.6 is 11.3 Å². The molecule has 0 unspecified atom stereocenters. The molecule has 11 aromatic rings. The number of hydrogen-bond acceptors (Lipinski definition) is 2. The maximum absolute atomic E-state index is 2.52. The van der Waals surface area contributed by atoms with Crippen LogP contribution in [0.3, 0.4) is 0 Å². The molecule has 0 amide bonds. The molecule has 296 valence electrons. The van der Waals surface area contributed by atoms with Crippen molar-refractivity contribution in [1.29, 1.82) is 0 Å². The van der Waals surface area contributed by atoms with Gasteiger partial charge >= 0.3 is 0 Å². The highest BCUT2D eigenvalue weighted by Crippen LogP contribution is 2.58. The minimum Gasteiger partial charge on any atom is -0.310 e. The third-order valence-electron chi connectivity index (χ3n) is 13.0. The summed E-state index contributed by atoms with van der Waals surface area (Å²) in [5.74, 6) is 0. The number of fused-ring (bicyclic) bond motifs is 6. The van der Waals surface area contributed by atoms with E-state index in [1.165, 1.54) is 86.9 Å². The monoisotopic (exact) mass is 819 g/mol. The van der Waals surface area contributed by atoms with Crippen LogP contribution in [0.25, 0.3) is 64.7 Å². The Bertz CT molecular complexity index is 3400. The fourth-order valence-electron chi connectivity index (χ4n) is 10.3. The van der Waals surface area contributed by atoms with Crippen molar-refractivity contribution in [2.24, 2.45) is 0 Å². The minimum atomic E-state index is -0.485. The molecule has 2 heteroatoms. The second-order valence-electron chi connectivity index (χ2n) is 16.3. The van der Waals surface area contributed by atoms with Crippen molar-refractivity contribution in [3.8, 4) is 44.5 Å². The van der Waals surface area contributed by atoms with Crippen LogP contribution in [0.15, 0.2) is 249 Å². The van der Waals surface area contributed by atoms with Crippen LogP contribution in [0.2, 0.25) is 0 Å². The van der Waals surface area contributed by atoms with Crippen LogP contribution in [0.4, 0.5) is 17.1 Å². The molecule has 0 radical (unpaired) electrons. The number of benzene rings is 10. The number of nitrogens with zero attached hydrogens (tertiary/aromatic N) is 1. The fraction of sp³-hybridized carbons (Fsp3) is 0.0164. The maximum Gasteiger partial charge on any atom is 0.0713 e. The van der Waals surface area contributed by atoms with Crippen molar-refractivity contribution >= 4 is 48.6 Å². The average molecular weight is 820 g/mol. The van der Waals surface area contributed by atoms with Gasteiger partial charge in [0.15, 0.2) is 0 Å². The lowest BCUT2D eigenvalue weighted by Gasteiger charge is -2.34. The first kappa shape index (κ1) is 37.0. The Balaban J connectivity index is 1.17. The summed E-state index contributed by atoms with van der Waals surface area (Å²) in [5.41, 5.74) is 17.6. The van der Waals surface area contributed by atoms with Crippen molar-refractivity contribution in [3.63, 3.8) is 0 Å². The van der Waals surface area contributed by atoms with E-state index in [4.69, 9.17) is 0 Å². The topological polar surface area (TPSA) is 3.24 Å². The second-order valence-corrected chi connectivity index (χ2v) is 17.4. The lowest BCUT2D eigenvalue weighted by molar-refractivity contribution is 0.768. The van der Waals surface area contributed by atoms with E-state index in [1.54, 1.807) is 0 Å². The van der Waals surface area contributed by atoms with Crippen LogP contribution in [-0.2, 0) is 5.41 Å². The van der Waals surface area contributed by atoms with Gasteiger partial charge in [-0.15, -0.1) is 11.3 Å². The molecule has 1 heterocycles. The SMILES string of the molecule is c1ccc(-c2ccccc2-c2c(-c3ccccc3)cccc2N(c2ccc3c(c2)-c2ccccc2C3(c2ccccc2)c2ccccc2)c2ccc3c(c2)sc2ccccc23)cc1. The van der Waals surface area contributed by atoms with Gasteiger partial charge in [-0.1, -0.05) is 212 Å². The molecule has 1 nitrogen and oxygen atoms in total. The van der Waals surface area contributed by atoms with Gasteiger partial charge in [0, 0.05) is 37.1 Å². The summed E-state index contributed by atoms with van der Waals surface area (Å²) in [4.78, 5) is 2.52. The molecular formula is C61H41NS. The average Bonchev–Trinajstić information content (AvgIpc) is 3.88. The van der Waals surface area contributed by atoms with Gasteiger partial charge in [0.1, 0.15) is 0 Å². The molecule has 1 aliphatic rings. The molecule has 1 aromatic heterocycles. The highest BCUT2D eigenvalue weighted by molar-refractivity contribution is 7.25. The van der Waals surface area contributed by atoms with E-state index in [0.29, 0.717) is 0 Å². The van der Waals surface area contributed by atoms with E-state index in [1.807, 2.05) is 11.3 Å². The molecule has 0 bridgehead atoms. The van der Waals surface area contributed by atoms with Gasteiger partial charge < -0.3 is 4.90 Å². The van der Waals surface area contributed by atoms with Gasteiger partial charge in [0.05, 0.1) is 11.1 Å². The number of anilines is 3. The Labute approximate surface area is 372 Å². The molecule has 1 aliphatic carbocycles. The largest absolute Gasteiger partial charge is 0.310 e. The first-order valence-electron chi connectivity index (χ1n) is 21.7. The number of thiophene rings is 1. The van der Waals surface area contributed by atoms with Crippen molar-refractivity contribution in [1.82, 2.24) is 0 Å². The summed E-state index contributed by atoms with van der Waals surface area (Å²) in [5, 5.41) is 2.58. The quantitative estimate of drug-likeness (QED) is 0.148. The van der Waals surface area contributed by atoms with Gasteiger partial charge in [-0.2, -0.15) is 0 Å². The molecule has 0 saturated carbocycles. The summed E-state index contributed by atoms with van der Waals surface area (Å²) in [6, 6.07) is 91.7. The Morgan fingerprint density at radius 2 is 0.825 bits per heavy atom. The number of hydrogen-bond donors (Lipinski definition) is 0. The maximum atomic E-state index is 2.52. The zero-order chi connectivity index (χ0) is 41.7. The van der Waals surface area contributed by atoms with Crippen LogP contribution in [0.1, 0.15) is 22.3 Å². The predicted octanol–water partition coefficient (Wildman–Crippen LogP) is 16.9. The van der Waals surface area contributed by atoms with Crippen molar-refractivity contribution in [3.05, 3.63) is 271 Å². The van der Waals surface area contributed by atoms with Crippen LogP contribution in [0.5, 0.6) is 0 Å². The first-order chi connectivity index (χ1) is 31.3. The minimum absolute atomic E-state index is 0.485. The van der Waals surface area contributed by atoms with Crippen molar-refractivity contribution in [2.45, 2.75) is 5.41 Å². The van der Waals surface area contributed by atoms with E-state index < -0.39 is 5.41 Å². The van der Waals surface area contributed by atoms with Crippen LogP contribution in [-0.4, -0.2) is 0 Å². The highest BCUT2D eigenvalue weighted by atomic mass is 32.1. The molecular weight excluding hydrogens is 779 g/mol. The lowest BCUT2D eigenvalue weighted by Crippen LogP contribution is -2.28. The summed E-state index contributed by atoms with van der Waals surface area (Å²) in [7, 11) is 0. The van der Waals surface area contributed by atoms with Gasteiger partial charge in [-0.05, 0) is 97.6 Å². The van der Waals surface area contributed by atoms with E-state index in [0.717, 1.165) is 17.1 Å².